The molecule has 18 heavy (non-hydrogen) atoms. The summed E-state index contributed by atoms with van der Waals surface area (Å²) in [7, 11) is 0. The second kappa shape index (κ2) is 3.87. The molecule has 0 spiro atoms. The van der Waals surface area contributed by atoms with Crippen molar-refractivity contribution in [2.75, 3.05) is 29.9 Å². The van der Waals surface area contributed by atoms with Crippen LogP contribution in [0.1, 0.15) is 12.8 Å². The minimum Gasteiger partial charge on any atom is -0.380 e. The number of fused-ring (bicyclic) bond motifs is 3. The highest BCUT2D eigenvalue weighted by molar-refractivity contribution is 5.98. The normalized spacial score (nSPS) is 18.6. The lowest BCUT2D eigenvalue weighted by atomic mass is 10.1. The van der Waals surface area contributed by atoms with E-state index >= 15 is 0 Å². The standard InChI is InChI=1S/C15H17N3/c1-2-4-13-12(3-1)15-14(9-17-13)16-7-8-18(15)10-11-5-6-11/h1-4,9,11,16H,5-8,10H2. The van der Waals surface area contributed by atoms with Crippen LogP contribution >= 0.6 is 0 Å². The molecule has 1 N–H and O–H groups in total. The van der Waals surface area contributed by atoms with Gasteiger partial charge in [-0.2, -0.15) is 0 Å². The highest BCUT2D eigenvalue weighted by Gasteiger charge is 2.27. The number of benzene rings is 1. The van der Waals surface area contributed by atoms with Gasteiger partial charge in [0, 0.05) is 25.0 Å². The summed E-state index contributed by atoms with van der Waals surface area (Å²) in [6, 6.07) is 8.45. The van der Waals surface area contributed by atoms with Gasteiger partial charge in [0.2, 0.25) is 0 Å². The van der Waals surface area contributed by atoms with Crippen molar-refractivity contribution < 1.29 is 0 Å². The van der Waals surface area contributed by atoms with Gasteiger partial charge in [0.15, 0.2) is 0 Å². The van der Waals surface area contributed by atoms with Gasteiger partial charge in [0.1, 0.15) is 0 Å². The molecular formula is C15H17N3. The molecule has 2 aromatic rings. The van der Waals surface area contributed by atoms with Crippen molar-refractivity contribution in [1.29, 1.82) is 0 Å². The number of anilines is 2. The van der Waals surface area contributed by atoms with Gasteiger partial charge in [-0.05, 0) is 24.8 Å². The molecule has 1 aromatic heterocycles. The van der Waals surface area contributed by atoms with Crippen molar-refractivity contribution in [3.05, 3.63) is 30.5 Å². The number of para-hydroxylation sites is 1. The molecule has 2 heterocycles. The smallest absolute Gasteiger partial charge is 0.0771 e. The Morgan fingerprint density at radius 1 is 1.28 bits per heavy atom. The molecule has 3 heteroatoms. The van der Waals surface area contributed by atoms with Gasteiger partial charge in [0.05, 0.1) is 23.1 Å². The lowest BCUT2D eigenvalue weighted by molar-refractivity contribution is 0.721. The van der Waals surface area contributed by atoms with Crippen molar-refractivity contribution in [2.45, 2.75) is 12.8 Å². The quantitative estimate of drug-likeness (QED) is 0.873. The molecule has 2 aliphatic rings. The molecule has 4 rings (SSSR count). The summed E-state index contributed by atoms with van der Waals surface area (Å²) in [4.78, 5) is 7.08. The SMILES string of the molecule is c1ccc2c3c(cnc2c1)NCCN3CC1CC1. The molecule has 1 aromatic carbocycles. The number of rotatable bonds is 2. The maximum absolute atomic E-state index is 4.53. The second-order valence-corrected chi connectivity index (χ2v) is 5.35. The topological polar surface area (TPSA) is 28.2 Å². The van der Waals surface area contributed by atoms with E-state index in [0.29, 0.717) is 0 Å². The van der Waals surface area contributed by atoms with Gasteiger partial charge in [-0.15, -0.1) is 0 Å². The van der Waals surface area contributed by atoms with Crippen LogP contribution in [-0.2, 0) is 0 Å². The van der Waals surface area contributed by atoms with E-state index < -0.39 is 0 Å². The molecule has 0 radical (unpaired) electrons. The maximum Gasteiger partial charge on any atom is 0.0771 e. The minimum atomic E-state index is 0.919. The highest BCUT2D eigenvalue weighted by Crippen LogP contribution is 2.38. The van der Waals surface area contributed by atoms with Crippen LogP contribution in [0.3, 0.4) is 0 Å². The van der Waals surface area contributed by atoms with Crippen molar-refractivity contribution in [3.8, 4) is 0 Å². The molecule has 1 saturated carbocycles. The van der Waals surface area contributed by atoms with Crippen LogP contribution in [0.4, 0.5) is 11.4 Å². The zero-order chi connectivity index (χ0) is 11.9. The number of hydrogen-bond acceptors (Lipinski definition) is 3. The Labute approximate surface area is 107 Å². The summed E-state index contributed by atoms with van der Waals surface area (Å²) in [6.45, 7) is 3.35. The van der Waals surface area contributed by atoms with Gasteiger partial charge in [-0.3, -0.25) is 4.98 Å². The van der Waals surface area contributed by atoms with Crippen LogP contribution in [0.5, 0.6) is 0 Å². The number of pyridine rings is 1. The summed E-state index contributed by atoms with van der Waals surface area (Å²) in [5, 5.41) is 4.75. The fraction of sp³-hybridized carbons (Fsp3) is 0.400. The van der Waals surface area contributed by atoms with Crippen LogP contribution in [0, 0.1) is 5.92 Å². The summed E-state index contributed by atoms with van der Waals surface area (Å²) in [5.74, 6) is 0.919. The average molecular weight is 239 g/mol. The Balaban J connectivity index is 1.86. The van der Waals surface area contributed by atoms with Crippen molar-refractivity contribution >= 4 is 22.3 Å². The van der Waals surface area contributed by atoms with Crippen molar-refractivity contribution in [2.24, 2.45) is 5.92 Å². The van der Waals surface area contributed by atoms with Gasteiger partial charge in [-0.1, -0.05) is 18.2 Å². The zero-order valence-electron chi connectivity index (χ0n) is 10.4. The molecule has 0 amide bonds. The largest absolute Gasteiger partial charge is 0.380 e. The third-order valence-electron chi connectivity index (χ3n) is 3.94. The van der Waals surface area contributed by atoms with Crippen LogP contribution in [0.2, 0.25) is 0 Å². The Morgan fingerprint density at radius 2 is 2.17 bits per heavy atom. The second-order valence-electron chi connectivity index (χ2n) is 5.35. The fourth-order valence-electron chi connectivity index (χ4n) is 2.83. The van der Waals surface area contributed by atoms with E-state index in [1.165, 1.54) is 36.1 Å². The lowest BCUT2D eigenvalue weighted by Gasteiger charge is -2.33. The Hall–Kier alpha value is -1.77. The van der Waals surface area contributed by atoms with E-state index in [2.05, 4.69) is 39.5 Å². The molecule has 0 saturated heterocycles. The molecule has 1 aliphatic carbocycles. The van der Waals surface area contributed by atoms with E-state index in [-0.39, 0.29) is 0 Å². The van der Waals surface area contributed by atoms with Crippen LogP contribution in [0.25, 0.3) is 10.9 Å². The van der Waals surface area contributed by atoms with Crippen molar-refractivity contribution in [3.63, 3.8) is 0 Å². The lowest BCUT2D eigenvalue weighted by Crippen LogP contribution is -2.35. The monoisotopic (exact) mass is 239 g/mol. The highest BCUT2D eigenvalue weighted by atomic mass is 15.2. The Bertz CT molecular complexity index is 589. The zero-order valence-corrected chi connectivity index (χ0v) is 10.4. The van der Waals surface area contributed by atoms with Crippen LogP contribution < -0.4 is 10.2 Å². The van der Waals surface area contributed by atoms with Gasteiger partial charge >= 0.3 is 0 Å². The number of hydrogen-bond donors (Lipinski definition) is 1. The molecule has 0 unspecified atom stereocenters. The predicted molar refractivity (Wildman–Crippen MR) is 75.2 cm³/mol. The summed E-state index contributed by atoms with van der Waals surface area (Å²) < 4.78 is 0. The first-order valence-corrected chi connectivity index (χ1v) is 6.78. The molecule has 0 atom stereocenters. The first-order valence-electron chi connectivity index (χ1n) is 6.78. The molecule has 3 nitrogen and oxygen atoms in total. The van der Waals surface area contributed by atoms with E-state index in [0.717, 1.165) is 24.5 Å². The summed E-state index contributed by atoms with van der Waals surface area (Å²) in [5.41, 5.74) is 3.65. The minimum absolute atomic E-state index is 0.919. The number of nitrogens with zero attached hydrogens (tertiary/aromatic N) is 2. The first-order chi connectivity index (χ1) is 8.92. The molecule has 1 aliphatic heterocycles. The summed E-state index contributed by atoms with van der Waals surface area (Å²) >= 11 is 0. The van der Waals surface area contributed by atoms with E-state index in [4.69, 9.17) is 0 Å². The fourth-order valence-corrected chi connectivity index (χ4v) is 2.83. The average Bonchev–Trinajstić information content (AvgIpc) is 3.22. The Morgan fingerprint density at radius 3 is 3.06 bits per heavy atom. The van der Waals surface area contributed by atoms with E-state index in [9.17, 15) is 0 Å². The number of nitrogens with one attached hydrogen (secondary N) is 1. The van der Waals surface area contributed by atoms with Crippen LogP contribution in [0.15, 0.2) is 30.5 Å². The third kappa shape index (κ3) is 1.62. The van der Waals surface area contributed by atoms with Crippen molar-refractivity contribution in [1.82, 2.24) is 4.98 Å². The predicted octanol–water partition coefficient (Wildman–Crippen LogP) is 2.88. The van der Waals surface area contributed by atoms with E-state index in [1.807, 2.05) is 6.20 Å². The van der Waals surface area contributed by atoms with Gasteiger partial charge in [-0.25, -0.2) is 0 Å². The van der Waals surface area contributed by atoms with Gasteiger partial charge < -0.3 is 10.2 Å². The molecule has 0 bridgehead atoms. The number of aromatic nitrogens is 1. The maximum atomic E-state index is 4.53. The molecular weight excluding hydrogens is 222 g/mol. The van der Waals surface area contributed by atoms with Gasteiger partial charge in [0.25, 0.3) is 0 Å². The molecule has 92 valence electrons. The Kier molecular flexibility index (Phi) is 2.19. The van der Waals surface area contributed by atoms with E-state index in [1.54, 1.807) is 0 Å². The third-order valence-corrected chi connectivity index (χ3v) is 3.94. The van der Waals surface area contributed by atoms with Crippen LogP contribution in [-0.4, -0.2) is 24.6 Å². The first kappa shape index (κ1) is 10.2. The molecule has 1 fully saturated rings. The summed E-state index contributed by atoms with van der Waals surface area (Å²) in [6.07, 6.45) is 4.79.